The van der Waals surface area contributed by atoms with E-state index in [2.05, 4.69) is 57.8 Å². The molecule has 1 unspecified atom stereocenters. The Morgan fingerprint density at radius 2 is 1.87 bits per heavy atom. The van der Waals surface area contributed by atoms with Crippen LogP contribution in [0.4, 0.5) is 0 Å². The van der Waals surface area contributed by atoms with Gasteiger partial charge in [0, 0.05) is 18.0 Å². The van der Waals surface area contributed by atoms with Gasteiger partial charge in [-0.2, -0.15) is 0 Å². The number of rotatable bonds is 9. The molecular weight excluding hydrogens is 482 g/mol. The van der Waals surface area contributed by atoms with Crippen LogP contribution < -0.4 is 11.1 Å². The molecule has 0 radical (unpaired) electrons. The van der Waals surface area contributed by atoms with Gasteiger partial charge in [0.05, 0.1) is 6.10 Å². The van der Waals surface area contributed by atoms with Crippen molar-refractivity contribution >= 4 is 11.9 Å². The van der Waals surface area contributed by atoms with Gasteiger partial charge in [-0.05, 0) is 92.3 Å². The predicted octanol–water partition coefficient (Wildman–Crippen LogP) is 6.89. The standard InChI is InChI=1S/C33H59N5O/c1-7-8-18-38(31(36)37-30(34)35)29-20-24(39)19-23-12-13-25-27-15-14-26(22(4)11-9-10-21(2)3)32(27,5)17-16-28(25)33(23,29)6/h12,21-22,24-29,39H,7-11,13-20H2,1-6H3,(H5,34,35,36,37)/t22-,24-,25+,26-,27+,28+,29?,32-,33+/m1/s1. The van der Waals surface area contributed by atoms with Crippen molar-refractivity contribution in [1.29, 1.82) is 10.8 Å². The molecule has 0 saturated heterocycles. The Bertz CT molecular complexity index is 916. The van der Waals surface area contributed by atoms with Crippen molar-refractivity contribution < 1.29 is 5.11 Å². The maximum atomic E-state index is 11.0. The summed E-state index contributed by atoms with van der Waals surface area (Å²) in [5, 5.41) is 30.5. The van der Waals surface area contributed by atoms with Gasteiger partial charge in [-0.3, -0.25) is 16.1 Å². The van der Waals surface area contributed by atoms with Gasteiger partial charge in [-0.15, -0.1) is 0 Å². The van der Waals surface area contributed by atoms with Gasteiger partial charge in [0.2, 0.25) is 0 Å². The maximum absolute atomic E-state index is 11.0. The molecular formula is C33H59N5O. The Balaban J connectivity index is 1.61. The van der Waals surface area contributed by atoms with E-state index in [4.69, 9.17) is 16.6 Å². The largest absolute Gasteiger partial charge is 0.393 e. The fourth-order valence-electron chi connectivity index (χ4n) is 10.1. The van der Waals surface area contributed by atoms with Gasteiger partial charge in [-0.25, -0.2) is 0 Å². The maximum Gasteiger partial charge on any atom is 0.198 e. The zero-order valence-electron chi connectivity index (χ0n) is 25.9. The molecule has 0 aromatic rings. The lowest BCUT2D eigenvalue weighted by molar-refractivity contribution is -0.0821. The number of guanidine groups is 2. The lowest BCUT2D eigenvalue weighted by atomic mass is 9.45. The number of hydrogen-bond donors (Lipinski definition) is 5. The van der Waals surface area contributed by atoms with Gasteiger partial charge >= 0.3 is 0 Å². The van der Waals surface area contributed by atoms with Crippen LogP contribution in [0.2, 0.25) is 0 Å². The lowest BCUT2D eigenvalue weighted by Crippen LogP contribution is -2.63. The fraction of sp³-hybridized carbons (Fsp3) is 0.879. The van der Waals surface area contributed by atoms with Crippen LogP contribution in [0.15, 0.2) is 11.6 Å². The monoisotopic (exact) mass is 541 g/mol. The highest BCUT2D eigenvalue weighted by Gasteiger charge is 2.61. The number of allylic oxidation sites excluding steroid dienone is 1. The molecule has 39 heavy (non-hydrogen) atoms. The summed E-state index contributed by atoms with van der Waals surface area (Å²) in [6.45, 7) is 15.3. The third-order valence-electron chi connectivity index (χ3n) is 12.0. The van der Waals surface area contributed by atoms with Crippen molar-refractivity contribution in [3.8, 4) is 0 Å². The van der Waals surface area contributed by atoms with Crippen LogP contribution >= 0.6 is 0 Å². The summed E-state index contributed by atoms with van der Waals surface area (Å²) in [7, 11) is 0. The first kappa shape index (κ1) is 30.4. The number of aliphatic hydroxyl groups excluding tert-OH is 1. The number of hydrogen-bond acceptors (Lipinski definition) is 3. The third kappa shape index (κ3) is 5.78. The van der Waals surface area contributed by atoms with Crippen molar-refractivity contribution in [1.82, 2.24) is 10.2 Å². The fourth-order valence-corrected chi connectivity index (χ4v) is 10.1. The van der Waals surface area contributed by atoms with Gasteiger partial charge in [-0.1, -0.05) is 78.9 Å². The second-order valence-corrected chi connectivity index (χ2v) is 14.7. The number of nitrogens with one attached hydrogen (secondary N) is 3. The third-order valence-corrected chi connectivity index (χ3v) is 12.0. The summed E-state index contributed by atoms with van der Waals surface area (Å²) in [4.78, 5) is 2.16. The van der Waals surface area contributed by atoms with Crippen LogP contribution in [0.25, 0.3) is 0 Å². The summed E-state index contributed by atoms with van der Waals surface area (Å²) in [5.74, 6) is 4.52. The average Bonchev–Trinajstić information content (AvgIpc) is 3.21. The molecule has 0 heterocycles. The molecule has 0 aliphatic heterocycles. The normalized spacial score (nSPS) is 38.3. The Morgan fingerprint density at radius 1 is 1.13 bits per heavy atom. The summed E-state index contributed by atoms with van der Waals surface area (Å²) in [6.07, 6.45) is 16.2. The molecule has 6 N–H and O–H groups in total. The van der Waals surface area contributed by atoms with E-state index < -0.39 is 0 Å². The molecule has 4 rings (SSSR count). The predicted molar refractivity (Wildman–Crippen MR) is 163 cm³/mol. The van der Waals surface area contributed by atoms with Crippen molar-refractivity contribution in [3.63, 3.8) is 0 Å². The highest BCUT2D eigenvalue weighted by Crippen LogP contribution is 2.67. The molecule has 4 aliphatic rings. The smallest absolute Gasteiger partial charge is 0.198 e. The Labute approximate surface area is 239 Å². The van der Waals surface area contributed by atoms with Crippen molar-refractivity contribution in [2.45, 2.75) is 131 Å². The van der Waals surface area contributed by atoms with E-state index in [-0.39, 0.29) is 29.5 Å². The van der Waals surface area contributed by atoms with Crippen LogP contribution in [-0.2, 0) is 0 Å². The summed E-state index contributed by atoms with van der Waals surface area (Å²) in [6, 6.07) is 0.0442. The van der Waals surface area contributed by atoms with Crippen LogP contribution in [0.3, 0.4) is 0 Å². The highest BCUT2D eigenvalue weighted by molar-refractivity contribution is 5.95. The van der Waals surface area contributed by atoms with E-state index >= 15 is 0 Å². The molecule has 3 saturated carbocycles. The van der Waals surface area contributed by atoms with E-state index in [1.54, 1.807) is 0 Å². The second-order valence-electron chi connectivity index (χ2n) is 14.7. The molecule has 6 heteroatoms. The minimum Gasteiger partial charge on any atom is -0.393 e. The van der Waals surface area contributed by atoms with Gasteiger partial charge in [0.15, 0.2) is 11.9 Å². The number of unbranched alkanes of at least 4 members (excludes halogenated alkanes) is 1. The van der Waals surface area contributed by atoms with Crippen molar-refractivity contribution in [3.05, 3.63) is 11.6 Å². The summed E-state index contributed by atoms with van der Waals surface area (Å²) in [5.41, 5.74) is 7.48. The number of nitrogens with two attached hydrogens (primary N) is 1. The topological polar surface area (TPSA) is 109 Å². The Hall–Kier alpha value is -1.56. The molecule has 0 bridgehead atoms. The summed E-state index contributed by atoms with van der Waals surface area (Å²) < 4.78 is 0. The first-order chi connectivity index (χ1) is 18.4. The molecule has 0 aromatic carbocycles. The van der Waals surface area contributed by atoms with Crippen LogP contribution in [-0.4, -0.2) is 40.6 Å². The minimum absolute atomic E-state index is 0.0442. The van der Waals surface area contributed by atoms with E-state index in [1.807, 2.05) is 0 Å². The van der Waals surface area contributed by atoms with Crippen molar-refractivity contribution in [2.75, 3.05) is 6.54 Å². The molecule has 9 atom stereocenters. The molecule has 3 fully saturated rings. The van der Waals surface area contributed by atoms with Gasteiger partial charge in [0.25, 0.3) is 0 Å². The van der Waals surface area contributed by atoms with Crippen LogP contribution in [0, 0.1) is 57.2 Å². The lowest BCUT2D eigenvalue weighted by Gasteiger charge is -2.62. The molecule has 0 aromatic heterocycles. The van der Waals surface area contributed by atoms with Gasteiger partial charge < -0.3 is 15.7 Å². The molecule has 6 nitrogen and oxygen atoms in total. The van der Waals surface area contributed by atoms with E-state index in [9.17, 15) is 5.11 Å². The zero-order valence-corrected chi connectivity index (χ0v) is 25.9. The molecule has 222 valence electrons. The Kier molecular flexibility index (Phi) is 9.45. The molecule has 4 aliphatic carbocycles. The zero-order chi connectivity index (χ0) is 28.5. The van der Waals surface area contributed by atoms with Crippen molar-refractivity contribution in [2.24, 2.45) is 52.1 Å². The van der Waals surface area contributed by atoms with Crippen LogP contribution in [0.1, 0.15) is 119 Å². The molecule has 0 spiro atoms. The van der Waals surface area contributed by atoms with E-state index in [0.717, 1.165) is 55.9 Å². The molecule has 0 amide bonds. The SMILES string of the molecule is CCCCN(C(=N)NC(=N)N)C1C[C@H](O)CC2=CC[C@H]3[C@@H]4CC[C@H]([C@H](C)CCCC(C)C)[C@@]4(C)CC[C@@H]3[C@]21C. The van der Waals surface area contributed by atoms with E-state index in [0.29, 0.717) is 23.7 Å². The van der Waals surface area contributed by atoms with Crippen LogP contribution in [0.5, 0.6) is 0 Å². The first-order valence-electron chi connectivity index (χ1n) is 16.3. The van der Waals surface area contributed by atoms with E-state index in [1.165, 1.54) is 50.5 Å². The quantitative estimate of drug-likeness (QED) is 0.124. The number of fused-ring (bicyclic) bond motifs is 5. The minimum atomic E-state index is -0.378. The summed E-state index contributed by atoms with van der Waals surface area (Å²) >= 11 is 0. The Morgan fingerprint density at radius 3 is 2.54 bits per heavy atom. The average molecular weight is 542 g/mol. The van der Waals surface area contributed by atoms with Gasteiger partial charge in [0.1, 0.15) is 0 Å². The first-order valence-corrected chi connectivity index (χ1v) is 16.3. The second kappa shape index (κ2) is 12.1. The number of nitrogens with zero attached hydrogens (tertiary/aromatic N) is 1. The number of aliphatic hydroxyl groups is 1. The highest BCUT2D eigenvalue weighted by atomic mass is 16.3.